The summed E-state index contributed by atoms with van der Waals surface area (Å²) < 4.78 is 5.04. The highest BCUT2D eigenvalue weighted by Crippen LogP contribution is 2.13. The molecule has 0 atom stereocenters. The molecule has 0 aromatic carbocycles. The Morgan fingerprint density at radius 3 is 2.44 bits per heavy atom. The van der Waals surface area contributed by atoms with E-state index in [1.165, 1.54) is 0 Å². The van der Waals surface area contributed by atoms with Gasteiger partial charge in [0, 0.05) is 5.57 Å². The van der Waals surface area contributed by atoms with Gasteiger partial charge in [0.15, 0.2) is 5.78 Å². The Morgan fingerprint density at radius 1 is 1.56 bits per heavy atom. The van der Waals surface area contributed by atoms with Gasteiger partial charge in [-0.05, 0) is 19.4 Å². The van der Waals surface area contributed by atoms with E-state index < -0.39 is 0 Å². The number of carbonyl (C=O) groups is 1. The van der Waals surface area contributed by atoms with Crippen LogP contribution in [0.15, 0.2) is 11.1 Å². The molecule has 0 N–H and O–H groups in total. The fourth-order valence-electron chi connectivity index (χ4n) is 0.919. The molecule has 0 aromatic rings. The van der Waals surface area contributed by atoms with Crippen molar-refractivity contribution in [1.29, 1.82) is 0 Å². The summed E-state index contributed by atoms with van der Waals surface area (Å²) in [6.45, 7) is 4.66. The van der Waals surface area contributed by atoms with E-state index >= 15 is 0 Å². The third-order valence-electron chi connectivity index (χ3n) is 1.51. The Bertz CT molecular complexity index is 168. The zero-order chi connectivity index (χ0) is 6.85. The van der Waals surface area contributed by atoms with Gasteiger partial charge < -0.3 is 4.74 Å². The van der Waals surface area contributed by atoms with E-state index in [2.05, 4.69) is 0 Å². The molecule has 0 aromatic heterocycles. The van der Waals surface area contributed by atoms with Crippen LogP contribution >= 0.6 is 0 Å². The molecule has 1 aliphatic heterocycles. The van der Waals surface area contributed by atoms with Crippen LogP contribution in [-0.2, 0) is 9.53 Å². The lowest BCUT2D eigenvalue weighted by Gasteiger charge is -1.91. The van der Waals surface area contributed by atoms with Gasteiger partial charge in [-0.3, -0.25) is 4.79 Å². The van der Waals surface area contributed by atoms with Crippen molar-refractivity contribution in [2.45, 2.75) is 13.8 Å². The average Bonchev–Trinajstić information content (AvgIpc) is 2.13. The maximum atomic E-state index is 10.7. The largest absolute Gasteiger partial charge is 0.372 e. The van der Waals surface area contributed by atoms with Crippen LogP contribution in [0.2, 0.25) is 0 Å². The average molecular weight is 126 g/mol. The van der Waals surface area contributed by atoms with Crippen LogP contribution in [0.4, 0.5) is 0 Å². The highest BCUT2D eigenvalue weighted by molar-refractivity contribution is 5.94. The minimum atomic E-state index is 0.144. The lowest BCUT2D eigenvalue weighted by atomic mass is 10.1. The first-order valence-corrected chi connectivity index (χ1v) is 2.99. The molecule has 2 heteroatoms. The number of hydrogen-bond donors (Lipinski definition) is 0. The second-order valence-corrected chi connectivity index (χ2v) is 2.31. The molecular formula is C7H10O2. The highest BCUT2D eigenvalue weighted by Gasteiger charge is 2.13. The summed E-state index contributed by atoms with van der Waals surface area (Å²) in [4.78, 5) is 10.7. The second kappa shape index (κ2) is 2.31. The number of rotatable bonds is 1. The summed E-state index contributed by atoms with van der Waals surface area (Å²) in [5.41, 5.74) is 1.94. The van der Waals surface area contributed by atoms with Crippen molar-refractivity contribution >= 4 is 5.78 Å². The maximum Gasteiger partial charge on any atom is 0.158 e. The van der Waals surface area contributed by atoms with Gasteiger partial charge in [0.05, 0.1) is 13.2 Å². The first kappa shape index (κ1) is 6.49. The molecule has 0 unspecified atom stereocenters. The highest BCUT2D eigenvalue weighted by atomic mass is 16.5. The summed E-state index contributed by atoms with van der Waals surface area (Å²) in [5.74, 6) is 0.144. The van der Waals surface area contributed by atoms with Crippen LogP contribution in [0.5, 0.6) is 0 Å². The molecule has 2 nitrogen and oxygen atoms in total. The van der Waals surface area contributed by atoms with Gasteiger partial charge >= 0.3 is 0 Å². The van der Waals surface area contributed by atoms with E-state index in [4.69, 9.17) is 4.74 Å². The van der Waals surface area contributed by atoms with Crippen molar-refractivity contribution < 1.29 is 9.53 Å². The minimum absolute atomic E-state index is 0.144. The Morgan fingerprint density at radius 2 is 2.22 bits per heavy atom. The molecule has 1 heterocycles. The van der Waals surface area contributed by atoms with Gasteiger partial charge in [-0.2, -0.15) is 0 Å². The predicted octanol–water partition coefficient (Wildman–Crippen LogP) is 0.922. The van der Waals surface area contributed by atoms with Crippen LogP contribution < -0.4 is 0 Å². The van der Waals surface area contributed by atoms with Crippen molar-refractivity contribution in [2.24, 2.45) is 0 Å². The topological polar surface area (TPSA) is 26.3 Å². The van der Waals surface area contributed by atoms with Gasteiger partial charge in [-0.15, -0.1) is 0 Å². The number of ether oxygens (including phenoxy) is 1. The maximum absolute atomic E-state index is 10.7. The van der Waals surface area contributed by atoms with E-state index in [-0.39, 0.29) is 5.78 Å². The fourth-order valence-corrected chi connectivity index (χ4v) is 0.919. The Kier molecular flexibility index (Phi) is 1.67. The molecule has 1 rings (SSSR count). The van der Waals surface area contributed by atoms with Crippen molar-refractivity contribution in [3.8, 4) is 0 Å². The zero-order valence-corrected chi connectivity index (χ0v) is 5.73. The van der Waals surface area contributed by atoms with Crippen LogP contribution in [0.25, 0.3) is 0 Å². The van der Waals surface area contributed by atoms with E-state index in [1.807, 2.05) is 6.92 Å². The molecule has 0 spiro atoms. The molecule has 50 valence electrons. The SMILES string of the molecule is CC(=O)C1=C(C)COC1. The Labute approximate surface area is 54.5 Å². The number of ketones is 1. The van der Waals surface area contributed by atoms with Crippen LogP contribution in [0.1, 0.15) is 13.8 Å². The van der Waals surface area contributed by atoms with Gasteiger partial charge in [0.25, 0.3) is 0 Å². The van der Waals surface area contributed by atoms with Gasteiger partial charge in [0.2, 0.25) is 0 Å². The van der Waals surface area contributed by atoms with Gasteiger partial charge in [-0.1, -0.05) is 0 Å². The fraction of sp³-hybridized carbons (Fsp3) is 0.571. The summed E-state index contributed by atoms with van der Waals surface area (Å²) in [5, 5.41) is 0. The second-order valence-electron chi connectivity index (χ2n) is 2.31. The Balaban J connectivity index is 2.78. The molecule has 0 fully saturated rings. The smallest absolute Gasteiger partial charge is 0.158 e. The number of carbonyl (C=O) groups excluding carboxylic acids is 1. The molecule has 0 radical (unpaired) electrons. The zero-order valence-electron chi connectivity index (χ0n) is 5.73. The third kappa shape index (κ3) is 1.19. The first-order valence-electron chi connectivity index (χ1n) is 2.99. The van der Waals surface area contributed by atoms with Gasteiger partial charge in [-0.25, -0.2) is 0 Å². The molecule has 1 aliphatic rings. The molecular weight excluding hydrogens is 116 g/mol. The monoisotopic (exact) mass is 126 g/mol. The predicted molar refractivity (Wildman–Crippen MR) is 34.2 cm³/mol. The lowest BCUT2D eigenvalue weighted by Crippen LogP contribution is -1.98. The number of hydrogen-bond acceptors (Lipinski definition) is 2. The van der Waals surface area contributed by atoms with Crippen molar-refractivity contribution in [3.63, 3.8) is 0 Å². The van der Waals surface area contributed by atoms with E-state index in [0.29, 0.717) is 13.2 Å². The van der Waals surface area contributed by atoms with Crippen molar-refractivity contribution in [1.82, 2.24) is 0 Å². The van der Waals surface area contributed by atoms with E-state index in [9.17, 15) is 4.79 Å². The normalized spacial score (nSPS) is 18.9. The lowest BCUT2D eigenvalue weighted by molar-refractivity contribution is -0.113. The van der Waals surface area contributed by atoms with Gasteiger partial charge in [0.1, 0.15) is 0 Å². The third-order valence-corrected chi connectivity index (χ3v) is 1.51. The van der Waals surface area contributed by atoms with E-state index in [0.717, 1.165) is 11.1 Å². The minimum Gasteiger partial charge on any atom is -0.372 e. The molecule has 0 saturated carbocycles. The molecule has 0 bridgehead atoms. The van der Waals surface area contributed by atoms with Crippen molar-refractivity contribution in [3.05, 3.63) is 11.1 Å². The van der Waals surface area contributed by atoms with Crippen LogP contribution in [-0.4, -0.2) is 19.0 Å². The summed E-state index contributed by atoms with van der Waals surface area (Å²) >= 11 is 0. The quantitative estimate of drug-likeness (QED) is 0.522. The van der Waals surface area contributed by atoms with E-state index in [1.54, 1.807) is 6.92 Å². The van der Waals surface area contributed by atoms with Crippen LogP contribution in [0, 0.1) is 0 Å². The number of Topliss-reactive ketones (excluding diaryl/α,β-unsaturated/α-hetero) is 1. The van der Waals surface area contributed by atoms with Crippen molar-refractivity contribution in [2.75, 3.05) is 13.2 Å². The molecule has 0 aliphatic carbocycles. The summed E-state index contributed by atoms with van der Waals surface area (Å²) in [7, 11) is 0. The molecule has 0 saturated heterocycles. The molecule has 9 heavy (non-hydrogen) atoms. The molecule has 0 amide bonds. The summed E-state index contributed by atoms with van der Waals surface area (Å²) in [6.07, 6.45) is 0. The standard InChI is InChI=1S/C7H10O2/c1-5-3-9-4-7(5)6(2)8/h3-4H2,1-2H3. The first-order chi connectivity index (χ1) is 4.22. The summed E-state index contributed by atoms with van der Waals surface area (Å²) in [6, 6.07) is 0. The Hall–Kier alpha value is -0.630. The van der Waals surface area contributed by atoms with Crippen LogP contribution in [0.3, 0.4) is 0 Å².